The van der Waals surface area contributed by atoms with E-state index in [1.165, 1.54) is 18.4 Å². The number of nitrogens with zero attached hydrogens (tertiary/aromatic N) is 4. The summed E-state index contributed by atoms with van der Waals surface area (Å²) in [6, 6.07) is 13.8. The Balaban J connectivity index is 1.03. The minimum Gasteiger partial charge on any atom is -0.360 e. The molecular formula is C26H37N5O2S. The van der Waals surface area contributed by atoms with Crippen molar-refractivity contribution in [3.8, 4) is 0 Å². The summed E-state index contributed by atoms with van der Waals surface area (Å²) < 4.78 is 10.4. The maximum Gasteiger partial charge on any atom is 0.273 e. The lowest BCUT2D eigenvalue weighted by molar-refractivity contribution is 0.0905. The molecule has 1 amide bonds. The van der Waals surface area contributed by atoms with Crippen LogP contribution in [0.25, 0.3) is 0 Å². The molecule has 2 aromatic rings. The van der Waals surface area contributed by atoms with Crippen LogP contribution in [0.4, 0.5) is 0 Å². The molecule has 1 aromatic carbocycles. The third-order valence-corrected chi connectivity index (χ3v) is 8.78. The van der Waals surface area contributed by atoms with Crippen molar-refractivity contribution in [3.05, 3.63) is 53.4 Å². The Morgan fingerprint density at radius 1 is 1.15 bits per heavy atom. The SMILES string of the molecule is CC1CC(NC(=O)c2cc(C3CC3)on2)CCN1SN1CCC(N(C)Cc2ccccc2)CC1. The summed E-state index contributed by atoms with van der Waals surface area (Å²) in [5, 5.41) is 7.17. The van der Waals surface area contributed by atoms with Gasteiger partial charge in [-0.15, -0.1) is 0 Å². The van der Waals surface area contributed by atoms with Crippen molar-refractivity contribution in [3.63, 3.8) is 0 Å². The van der Waals surface area contributed by atoms with E-state index in [1.807, 2.05) is 18.2 Å². The van der Waals surface area contributed by atoms with E-state index in [2.05, 4.69) is 68.3 Å². The monoisotopic (exact) mass is 483 g/mol. The second-order valence-electron chi connectivity index (χ2n) is 10.2. The molecule has 2 unspecified atom stereocenters. The van der Waals surface area contributed by atoms with Gasteiger partial charge >= 0.3 is 0 Å². The zero-order chi connectivity index (χ0) is 23.5. The Morgan fingerprint density at radius 2 is 1.91 bits per heavy atom. The topological polar surface area (TPSA) is 64.9 Å². The molecule has 5 rings (SSSR count). The van der Waals surface area contributed by atoms with Crippen LogP contribution in [0.3, 0.4) is 0 Å². The van der Waals surface area contributed by atoms with Gasteiger partial charge in [0, 0.05) is 68.4 Å². The number of aromatic nitrogens is 1. The van der Waals surface area contributed by atoms with E-state index in [-0.39, 0.29) is 11.9 Å². The summed E-state index contributed by atoms with van der Waals surface area (Å²) in [7, 11) is 2.26. The maximum absolute atomic E-state index is 12.6. The van der Waals surface area contributed by atoms with Crippen LogP contribution in [-0.2, 0) is 6.54 Å². The molecule has 1 N–H and O–H groups in total. The molecular weight excluding hydrogens is 446 g/mol. The Labute approximate surface area is 207 Å². The fraction of sp³-hybridized carbons (Fsp3) is 0.615. The van der Waals surface area contributed by atoms with Gasteiger partial charge in [-0.05, 0) is 58.1 Å². The average molecular weight is 484 g/mol. The third-order valence-electron chi connectivity index (χ3n) is 7.43. The number of rotatable bonds is 8. The zero-order valence-corrected chi connectivity index (χ0v) is 21.2. The Bertz CT molecular complexity index is 942. The highest BCUT2D eigenvalue weighted by Gasteiger charge is 2.32. The van der Waals surface area contributed by atoms with E-state index in [9.17, 15) is 4.79 Å². The van der Waals surface area contributed by atoms with Gasteiger partial charge in [0.15, 0.2) is 5.69 Å². The lowest BCUT2D eigenvalue weighted by atomic mass is 10.0. The predicted octanol–water partition coefficient (Wildman–Crippen LogP) is 4.29. The average Bonchev–Trinajstić information content (AvgIpc) is 3.58. The summed E-state index contributed by atoms with van der Waals surface area (Å²) in [6.45, 7) is 6.51. The minimum atomic E-state index is -0.101. The van der Waals surface area contributed by atoms with Crippen molar-refractivity contribution in [1.82, 2.24) is 24.0 Å². The van der Waals surface area contributed by atoms with Gasteiger partial charge in [0.05, 0.1) is 0 Å². The van der Waals surface area contributed by atoms with Crippen LogP contribution in [0.1, 0.15) is 73.2 Å². The van der Waals surface area contributed by atoms with E-state index >= 15 is 0 Å². The fourth-order valence-corrected chi connectivity index (χ4v) is 6.24. The number of carbonyl (C=O) groups excluding carboxylic acids is 1. The van der Waals surface area contributed by atoms with Crippen molar-refractivity contribution in [1.29, 1.82) is 0 Å². The fourth-order valence-electron chi connectivity index (χ4n) is 5.13. The summed E-state index contributed by atoms with van der Waals surface area (Å²) in [5.74, 6) is 1.24. The van der Waals surface area contributed by atoms with Gasteiger partial charge in [-0.25, -0.2) is 8.61 Å². The number of hydrogen-bond donors (Lipinski definition) is 1. The number of hydrogen-bond acceptors (Lipinski definition) is 7. The van der Waals surface area contributed by atoms with Crippen LogP contribution >= 0.6 is 12.1 Å². The summed E-state index contributed by atoms with van der Waals surface area (Å²) in [5.41, 5.74) is 1.81. The van der Waals surface area contributed by atoms with Crippen molar-refractivity contribution >= 4 is 18.0 Å². The molecule has 8 heteroatoms. The van der Waals surface area contributed by atoms with Crippen molar-refractivity contribution in [2.75, 3.05) is 26.7 Å². The molecule has 1 saturated carbocycles. The smallest absolute Gasteiger partial charge is 0.273 e. The van der Waals surface area contributed by atoms with Crippen molar-refractivity contribution in [2.24, 2.45) is 0 Å². The van der Waals surface area contributed by atoms with Crippen molar-refractivity contribution < 1.29 is 9.32 Å². The molecule has 2 atom stereocenters. The van der Waals surface area contributed by atoms with Gasteiger partial charge in [-0.3, -0.25) is 9.69 Å². The summed E-state index contributed by atoms with van der Waals surface area (Å²) >= 11 is 1.91. The van der Waals surface area contributed by atoms with Crippen LogP contribution in [0, 0.1) is 0 Å². The Hall–Kier alpha value is -1.87. The molecule has 1 aromatic heterocycles. The molecule has 1 aliphatic carbocycles. The minimum absolute atomic E-state index is 0.101. The van der Waals surface area contributed by atoms with E-state index in [0.29, 0.717) is 23.7 Å². The van der Waals surface area contributed by atoms with E-state index in [4.69, 9.17) is 4.52 Å². The lowest BCUT2D eigenvalue weighted by Gasteiger charge is -2.42. The normalized spacial score (nSPS) is 25.0. The standard InChI is InChI=1S/C26H37N5O2S/c1-19-16-22(27-26(32)24-17-25(33-28-24)21-8-9-21)10-15-31(19)34-30-13-11-23(12-14-30)29(2)18-20-6-4-3-5-7-20/h3-7,17,19,21-23H,8-16,18H2,1-2H3,(H,27,32). The highest BCUT2D eigenvalue weighted by Crippen LogP contribution is 2.40. The predicted molar refractivity (Wildman–Crippen MR) is 135 cm³/mol. The van der Waals surface area contributed by atoms with Gasteiger partial charge in [0.25, 0.3) is 5.91 Å². The van der Waals surface area contributed by atoms with E-state index < -0.39 is 0 Å². The Morgan fingerprint density at radius 3 is 2.62 bits per heavy atom. The zero-order valence-electron chi connectivity index (χ0n) is 20.4. The first-order chi connectivity index (χ1) is 16.5. The lowest BCUT2D eigenvalue weighted by Crippen LogP contribution is -2.48. The molecule has 2 saturated heterocycles. The van der Waals surface area contributed by atoms with Crippen LogP contribution in [-0.4, -0.2) is 69.4 Å². The molecule has 3 heterocycles. The van der Waals surface area contributed by atoms with Crippen LogP contribution in [0.5, 0.6) is 0 Å². The first-order valence-corrected chi connectivity index (χ1v) is 13.5. The third kappa shape index (κ3) is 6.03. The summed E-state index contributed by atoms with van der Waals surface area (Å²) in [6.07, 6.45) is 6.63. The highest BCUT2D eigenvalue weighted by molar-refractivity contribution is 7.94. The molecule has 0 spiro atoms. The van der Waals surface area contributed by atoms with Gasteiger partial charge < -0.3 is 9.84 Å². The molecule has 34 heavy (non-hydrogen) atoms. The summed E-state index contributed by atoms with van der Waals surface area (Å²) in [4.78, 5) is 15.1. The van der Waals surface area contributed by atoms with Gasteiger partial charge in [0.2, 0.25) is 0 Å². The molecule has 2 aliphatic heterocycles. The molecule has 0 radical (unpaired) electrons. The number of amides is 1. The first-order valence-electron chi connectivity index (χ1n) is 12.8. The van der Waals surface area contributed by atoms with Gasteiger partial charge in [-0.1, -0.05) is 35.5 Å². The molecule has 184 valence electrons. The van der Waals surface area contributed by atoms with Gasteiger partial charge in [-0.2, -0.15) is 0 Å². The second kappa shape index (κ2) is 10.8. The van der Waals surface area contributed by atoms with Crippen LogP contribution in [0.2, 0.25) is 0 Å². The molecule has 3 fully saturated rings. The molecule has 3 aliphatic rings. The quantitative estimate of drug-likeness (QED) is 0.562. The molecule has 7 nitrogen and oxygen atoms in total. The number of nitrogens with one attached hydrogen (secondary N) is 1. The highest BCUT2D eigenvalue weighted by atomic mass is 32.2. The van der Waals surface area contributed by atoms with Crippen LogP contribution < -0.4 is 5.32 Å². The van der Waals surface area contributed by atoms with Crippen molar-refractivity contribution in [2.45, 2.75) is 76.0 Å². The second-order valence-corrected chi connectivity index (χ2v) is 11.4. The largest absolute Gasteiger partial charge is 0.360 e. The van der Waals surface area contributed by atoms with E-state index in [1.54, 1.807) is 0 Å². The molecule has 0 bridgehead atoms. The van der Waals surface area contributed by atoms with Gasteiger partial charge in [0.1, 0.15) is 5.76 Å². The number of benzene rings is 1. The van der Waals surface area contributed by atoms with Crippen LogP contribution in [0.15, 0.2) is 40.9 Å². The maximum atomic E-state index is 12.6. The Kier molecular flexibility index (Phi) is 7.58. The number of piperidine rings is 2. The first kappa shape index (κ1) is 23.9. The van der Waals surface area contributed by atoms with E-state index in [0.717, 1.165) is 57.6 Å². The number of carbonyl (C=O) groups is 1.